The van der Waals surface area contributed by atoms with Gasteiger partial charge < -0.3 is 24.3 Å². The topological polar surface area (TPSA) is 83.1 Å². The zero-order valence-corrected chi connectivity index (χ0v) is 15.7. The highest BCUT2D eigenvalue weighted by Crippen LogP contribution is 2.27. The number of esters is 1. The summed E-state index contributed by atoms with van der Waals surface area (Å²) in [7, 11) is 3.04. The van der Waals surface area contributed by atoms with Crippen molar-refractivity contribution in [2.45, 2.75) is 0 Å². The van der Waals surface area contributed by atoms with Crippen LogP contribution in [0.3, 0.4) is 0 Å². The highest BCUT2D eigenvalue weighted by atomic mass is 35.5. The minimum Gasteiger partial charge on any atom is -0.495 e. The first-order valence-electron chi connectivity index (χ1n) is 8.06. The molecule has 0 aliphatic rings. The Morgan fingerprint density at radius 1 is 1.04 bits per heavy atom. The Morgan fingerprint density at radius 2 is 1.78 bits per heavy atom. The molecule has 8 heteroatoms. The fraction of sp³-hybridized carbons (Fsp3) is 0.263. The number of amides is 1. The Morgan fingerprint density at radius 3 is 2.41 bits per heavy atom. The molecule has 0 saturated heterocycles. The third kappa shape index (κ3) is 6.47. The molecular formula is C19H20ClNO6. The fourth-order valence-electron chi connectivity index (χ4n) is 2.07. The standard InChI is InChI=1S/C19H20ClNO6/c1-24-9-10-26-18(22)12-27-15-6-3-13(4-7-15)19(23)21-14-5-8-17(25-2)16(20)11-14/h3-8,11H,9-10,12H2,1-2H3,(H,21,23). The average Bonchev–Trinajstić information content (AvgIpc) is 2.67. The van der Waals surface area contributed by atoms with Gasteiger partial charge in [0.1, 0.15) is 18.1 Å². The molecule has 0 aliphatic heterocycles. The summed E-state index contributed by atoms with van der Waals surface area (Å²) in [6, 6.07) is 11.3. The molecule has 1 amide bonds. The van der Waals surface area contributed by atoms with Gasteiger partial charge in [-0.3, -0.25) is 4.79 Å². The number of rotatable bonds is 9. The molecule has 7 nitrogen and oxygen atoms in total. The largest absolute Gasteiger partial charge is 0.495 e. The first kappa shape index (κ1) is 20.5. The van der Waals surface area contributed by atoms with Crippen LogP contribution in [0.15, 0.2) is 42.5 Å². The van der Waals surface area contributed by atoms with Gasteiger partial charge in [-0.1, -0.05) is 11.6 Å². The summed E-state index contributed by atoms with van der Waals surface area (Å²) in [5.74, 6) is 0.173. The van der Waals surface area contributed by atoms with E-state index in [1.807, 2.05) is 0 Å². The summed E-state index contributed by atoms with van der Waals surface area (Å²) in [5, 5.41) is 3.14. The Labute approximate surface area is 162 Å². The van der Waals surface area contributed by atoms with Gasteiger partial charge >= 0.3 is 5.97 Å². The lowest BCUT2D eigenvalue weighted by molar-refractivity contribution is -0.147. The second-order valence-corrected chi connectivity index (χ2v) is 5.74. The van der Waals surface area contributed by atoms with E-state index < -0.39 is 5.97 Å². The highest BCUT2D eigenvalue weighted by Gasteiger charge is 2.09. The number of nitrogens with one attached hydrogen (secondary N) is 1. The van der Waals surface area contributed by atoms with Crippen LogP contribution in [-0.4, -0.2) is 45.9 Å². The lowest BCUT2D eigenvalue weighted by Crippen LogP contribution is -2.17. The predicted octanol–water partition coefficient (Wildman–Crippen LogP) is 3.17. The first-order chi connectivity index (χ1) is 13.0. The van der Waals surface area contributed by atoms with E-state index in [0.717, 1.165) is 0 Å². The molecule has 2 aromatic carbocycles. The van der Waals surface area contributed by atoms with Gasteiger partial charge in [0.25, 0.3) is 5.91 Å². The maximum absolute atomic E-state index is 12.3. The molecule has 0 saturated carbocycles. The molecule has 0 bridgehead atoms. The smallest absolute Gasteiger partial charge is 0.344 e. The van der Waals surface area contributed by atoms with Crippen LogP contribution >= 0.6 is 11.6 Å². The van der Waals surface area contributed by atoms with Gasteiger partial charge in [-0.2, -0.15) is 0 Å². The van der Waals surface area contributed by atoms with Gasteiger partial charge in [-0.25, -0.2) is 4.79 Å². The van der Waals surface area contributed by atoms with Crippen molar-refractivity contribution in [1.29, 1.82) is 0 Å². The highest BCUT2D eigenvalue weighted by molar-refractivity contribution is 6.32. The predicted molar refractivity (Wildman–Crippen MR) is 101 cm³/mol. The zero-order valence-electron chi connectivity index (χ0n) is 15.0. The number of methoxy groups -OCH3 is 2. The third-order valence-electron chi connectivity index (χ3n) is 3.43. The molecular weight excluding hydrogens is 374 g/mol. The van der Waals surface area contributed by atoms with Crippen LogP contribution in [0.1, 0.15) is 10.4 Å². The summed E-state index contributed by atoms with van der Waals surface area (Å²) in [4.78, 5) is 23.7. The van der Waals surface area contributed by atoms with Gasteiger partial charge in [0, 0.05) is 18.4 Å². The summed E-state index contributed by atoms with van der Waals surface area (Å²) in [6.07, 6.45) is 0. The second kappa shape index (κ2) is 10.4. The maximum atomic E-state index is 12.3. The molecule has 0 heterocycles. The maximum Gasteiger partial charge on any atom is 0.344 e. The molecule has 0 atom stereocenters. The Hall–Kier alpha value is -2.77. The lowest BCUT2D eigenvalue weighted by atomic mass is 10.2. The number of halogens is 1. The molecule has 0 aliphatic carbocycles. The summed E-state index contributed by atoms with van der Waals surface area (Å²) in [5.41, 5.74) is 0.974. The normalized spacial score (nSPS) is 10.2. The van der Waals surface area contributed by atoms with Crippen LogP contribution in [0.25, 0.3) is 0 Å². The van der Waals surface area contributed by atoms with Gasteiger partial charge in [-0.05, 0) is 42.5 Å². The first-order valence-corrected chi connectivity index (χ1v) is 8.43. The monoisotopic (exact) mass is 393 g/mol. The Kier molecular flexibility index (Phi) is 7.91. The second-order valence-electron chi connectivity index (χ2n) is 5.33. The molecule has 2 rings (SSSR count). The van der Waals surface area contributed by atoms with Crippen molar-refractivity contribution in [2.75, 3.05) is 39.4 Å². The summed E-state index contributed by atoms with van der Waals surface area (Å²) in [6.45, 7) is 0.280. The SMILES string of the molecule is COCCOC(=O)COc1ccc(C(=O)Nc2ccc(OC)c(Cl)c2)cc1. The molecule has 1 N–H and O–H groups in total. The van der Waals surface area contributed by atoms with E-state index >= 15 is 0 Å². The zero-order chi connectivity index (χ0) is 19.6. The number of carbonyl (C=O) groups excluding carboxylic acids is 2. The molecule has 2 aromatic rings. The minimum absolute atomic E-state index is 0.174. The van der Waals surface area contributed by atoms with E-state index in [4.69, 9.17) is 30.5 Å². The summed E-state index contributed by atoms with van der Waals surface area (Å²) < 4.78 is 20.1. The van der Waals surface area contributed by atoms with Crippen molar-refractivity contribution in [1.82, 2.24) is 0 Å². The van der Waals surface area contributed by atoms with Gasteiger partial charge in [-0.15, -0.1) is 0 Å². The van der Waals surface area contributed by atoms with Crippen molar-refractivity contribution in [3.05, 3.63) is 53.1 Å². The van der Waals surface area contributed by atoms with Crippen LogP contribution in [0, 0.1) is 0 Å². The Balaban J connectivity index is 1.87. The van der Waals surface area contributed by atoms with E-state index in [-0.39, 0.29) is 19.1 Å². The van der Waals surface area contributed by atoms with Crippen LogP contribution < -0.4 is 14.8 Å². The van der Waals surface area contributed by atoms with Crippen LogP contribution in [-0.2, 0) is 14.3 Å². The van der Waals surface area contributed by atoms with Gasteiger partial charge in [0.15, 0.2) is 6.61 Å². The van der Waals surface area contributed by atoms with E-state index in [2.05, 4.69) is 5.32 Å². The Bertz CT molecular complexity index is 778. The quantitative estimate of drug-likeness (QED) is 0.520. The van der Waals surface area contributed by atoms with Crippen LogP contribution in [0.4, 0.5) is 5.69 Å². The van der Waals surface area contributed by atoms with Gasteiger partial charge in [0.2, 0.25) is 0 Å². The molecule has 0 spiro atoms. The lowest BCUT2D eigenvalue weighted by Gasteiger charge is -2.09. The molecule has 0 unspecified atom stereocenters. The van der Waals surface area contributed by atoms with Crippen LogP contribution in [0.5, 0.6) is 11.5 Å². The molecule has 144 valence electrons. The van der Waals surface area contributed by atoms with Crippen molar-refractivity contribution in [3.63, 3.8) is 0 Å². The van der Waals surface area contributed by atoms with E-state index in [9.17, 15) is 9.59 Å². The fourth-order valence-corrected chi connectivity index (χ4v) is 2.33. The van der Waals surface area contributed by atoms with Crippen molar-refractivity contribution in [3.8, 4) is 11.5 Å². The van der Waals surface area contributed by atoms with E-state index in [1.54, 1.807) is 42.5 Å². The number of anilines is 1. The van der Waals surface area contributed by atoms with Crippen molar-refractivity contribution in [2.24, 2.45) is 0 Å². The molecule has 0 fully saturated rings. The van der Waals surface area contributed by atoms with Crippen molar-refractivity contribution < 1.29 is 28.5 Å². The molecule has 27 heavy (non-hydrogen) atoms. The van der Waals surface area contributed by atoms with Crippen LogP contribution in [0.2, 0.25) is 5.02 Å². The average molecular weight is 394 g/mol. The van der Waals surface area contributed by atoms with Crippen molar-refractivity contribution >= 4 is 29.2 Å². The number of hydrogen-bond donors (Lipinski definition) is 1. The van der Waals surface area contributed by atoms with Gasteiger partial charge in [0.05, 0.1) is 18.7 Å². The number of hydrogen-bond acceptors (Lipinski definition) is 6. The number of ether oxygens (including phenoxy) is 4. The third-order valence-corrected chi connectivity index (χ3v) is 3.73. The van der Waals surface area contributed by atoms with E-state index in [0.29, 0.717) is 34.4 Å². The van der Waals surface area contributed by atoms with E-state index in [1.165, 1.54) is 14.2 Å². The number of carbonyl (C=O) groups is 2. The molecule has 0 aromatic heterocycles. The number of benzene rings is 2. The minimum atomic E-state index is -0.495. The molecule has 0 radical (unpaired) electrons. The summed E-state index contributed by atoms with van der Waals surface area (Å²) >= 11 is 6.04.